The third kappa shape index (κ3) is 28.3. The lowest BCUT2D eigenvalue weighted by atomic mass is 10.1. The largest absolute Gasteiger partial charge is 0.481 e. The molecule has 0 aromatic rings. The summed E-state index contributed by atoms with van der Waals surface area (Å²) in [5, 5.41) is 17.4. The van der Waals surface area contributed by atoms with Crippen LogP contribution in [-0.4, -0.2) is 28.3 Å². The van der Waals surface area contributed by atoms with Gasteiger partial charge in [-0.05, 0) is 33.2 Å². The fraction of sp³-hybridized carbons (Fsp3) is 0.941. The molecule has 0 unspecified atom stereocenters. The van der Waals surface area contributed by atoms with E-state index in [1.54, 1.807) is 13.8 Å². The maximum atomic E-state index is 10.2. The van der Waals surface area contributed by atoms with Crippen molar-refractivity contribution in [2.45, 2.75) is 97.0 Å². The van der Waals surface area contributed by atoms with Gasteiger partial charge in [0.1, 0.15) is 0 Å². The molecular formula is C17H37NO3. The molecule has 4 heteroatoms. The van der Waals surface area contributed by atoms with Crippen LogP contribution in [0.4, 0.5) is 0 Å². The molecule has 21 heavy (non-hydrogen) atoms. The first-order valence-corrected chi connectivity index (χ1v) is 8.47. The van der Waals surface area contributed by atoms with Gasteiger partial charge in [0.05, 0.1) is 5.60 Å². The predicted molar refractivity (Wildman–Crippen MR) is 89.4 cm³/mol. The molecule has 0 aliphatic carbocycles. The Bertz CT molecular complexity index is 225. The molecule has 0 aromatic heterocycles. The van der Waals surface area contributed by atoms with Gasteiger partial charge in [0.15, 0.2) is 0 Å². The van der Waals surface area contributed by atoms with E-state index in [-0.39, 0.29) is 0 Å². The zero-order valence-corrected chi connectivity index (χ0v) is 14.4. The summed E-state index contributed by atoms with van der Waals surface area (Å²) in [5.41, 5.74) is 4.58. The molecule has 4 N–H and O–H groups in total. The van der Waals surface area contributed by atoms with Gasteiger partial charge in [-0.2, -0.15) is 0 Å². The fourth-order valence-corrected chi connectivity index (χ4v) is 1.94. The average molecular weight is 303 g/mol. The Morgan fingerprint density at radius 3 is 1.67 bits per heavy atom. The highest BCUT2D eigenvalue weighted by atomic mass is 16.4. The Labute approximate surface area is 131 Å². The summed E-state index contributed by atoms with van der Waals surface area (Å²) in [6.07, 6.45) is 12.2. The second-order valence-electron chi connectivity index (χ2n) is 6.32. The first-order valence-electron chi connectivity index (χ1n) is 8.47. The van der Waals surface area contributed by atoms with Gasteiger partial charge in [-0.1, -0.05) is 58.3 Å². The zero-order valence-electron chi connectivity index (χ0n) is 14.4. The zero-order chi connectivity index (χ0) is 16.6. The van der Waals surface area contributed by atoms with Gasteiger partial charge in [0.2, 0.25) is 0 Å². The van der Waals surface area contributed by atoms with E-state index in [0.717, 1.165) is 12.8 Å². The topological polar surface area (TPSA) is 83.5 Å². The number of rotatable bonds is 12. The number of aliphatic hydroxyl groups is 1. The molecule has 0 saturated carbocycles. The minimum absolute atomic E-state index is 0.343. The van der Waals surface area contributed by atoms with E-state index in [1.165, 1.54) is 44.9 Å². The van der Waals surface area contributed by atoms with Crippen molar-refractivity contribution in [3.05, 3.63) is 0 Å². The Morgan fingerprint density at radius 2 is 1.38 bits per heavy atom. The summed E-state index contributed by atoms with van der Waals surface area (Å²) in [7, 11) is 0. The summed E-state index contributed by atoms with van der Waals surface area (Å²) < 4.78 is 0. The Kier molecular flexibility index (Phi) is 17.0. The van der Waals surface area contributed by atoms with Gasteiger partial charge in [0, 0.05) is 6.42 Å². The van der Waals surface area contributed by atoms with E-state index in [4.69, 9.17) is 15.9 Å². The van der Waals surface area contributed by atoms with Crippen LogP contribution in [0.1, 0.15) is 91.4 Å². The molecule has 0 fully saturated rings. The van der Waals surface area contributed by atoms with Crippen LogP contribution in [0.15, 0.2) is 0 Å². The van der Waals surface area contributed by atoms with Crippen molar-refractivity contribution >= 4 is 5.97 Å². The SMILES string of the molecule is CC(C)(O)CCN.CCCCCCCCCCCC(=O)O. The highest BCUT2D eigenvalue weighted by Crippen LogP contribution is 2.10. The molecule has 0 saturated heterocycles. The van der Waals surface area contributed by atoms with Crippen LogP contribution in [-0.2, 0) is 4.79 Å². The van der Waals surface area contributed by atoms with Crippen LogP contribution in [0.5, 0.6) is 0 Å². The summed E-state index contributed by atoms with van der Waals surface area (Å²) >= 11 is 0. The number of carboxylic acid groups (broad SMARTS) is 1. The molecule has 0 amide bonds. The number of unbranched alkanes of at least 4 members (excludes halogenated alkanes) is 8. The summed E-state index contributed by atoms with van der Waals surface area (Å²) in [6, 6.07) is 0. The Hall–Kier alpha value is -0.610. The highest BCUT2D eigenvalue weighted by molar-refractivity contribution is 5.66. The molecule has 0 spiro atoms. The fourth-order valence-electron chi connectivity index (χ4n) is 1.94. The predicted octanol–water partition coefficient (Wildman–Crippen LogP) is 4.10. The lowest BCUT2D eigenvalue weighted by Crippen LogP contribution is -2.22. The quantitative estimate of drug-likeness (QED) is 0.474. The molecule has 128 valence electrons. The molecule has 0 aliphatic heterocycles. The van der Waals surface area contributed by atoms with E-state index < -0.39 is 11.6 Å². The first-order chi connectivity index (χ1) is 9.83. The maximum absolute atomic E-state index is 10.2. The standard InChI is InChI=1S/C12H24O2.C5H13NO/c1-2-3-4-5-6-7-8-9-10-11-12(13)14;1-5(2,7)3-4-6/h2-11H2,1H3,(H,13,14);7H,3-4,6H2,1-2H3. The molecule has 0 aliphatic rings. The van der Waals surface area contributed by atoms with E-state index in [2.05, 4.69) is 6.92 Å². The molecule has 4 nitrogen and oxygen atoms in total. The van der Waals surface area contributed by atoms with Crippen molar-refractivity contribution < 1.29 is 15.0 Å². The molecule has 0 heterocycles. The lowest BCUT2D eigenvalue weighted by Gasteiger charge is -2.13. The number of nitrogens with two attached hydrogens (primary N) is 1. The molecule has 0 radical (unpaired) electrons. The van der Waals surface area contributed by atoms with Gasteiger partial charge in [-0.25, -0.2) is 0 Å². The van der Waals surface area contributed by atoms with Gasteiger partial charge in [0.25, 0.3) is 0 Å². The number of aliphatic carboxylic acids is 1. The first kappa shape index (κ1) is 22.7. The molecule has 0 bridgehead atoms. The number of carbonyl (C=O) groups is 1. The molecule has 0 atom stereocenters. The monoisotopic (exact) mass is 303 g/mol. The van der Waals surface area contributed by atoms with Crippen molar-refractivity contribution in [1.82, 2.24) is 0 Å². The van der Waals surface area contributed by atoms with Crippen LogP contribution < -0.4 is 5.73 Å². The Morgan fingerprint density at radius 1 is 0.952 bits per heavy atom. The van der Waals surface area contributed by atoms with E-state index in [0.29, 0.717) is 19.4 Å². The van der Waals surface area contributed by atoms with Crippen LogP contribution >= 0.6 is 0 Å². The molecule has 0 rings (SSSR count). The van der Waals surface area contributed by atoms with E-state index in [1.807, 2.05) is 0 Å². The van der Waals surface area contributed by atoms with Crippen molar-refractivity contribution in [3.8, 4) is 0 Å². The second-order valence-corrected chi connectivity index (χ2v) is 6.32. The van der Waals surface area contributed by atoms with Gasteiger partial charge in [-0.3, -0.25) is 4.79 Å². The van der Waals surface area contributed by atoms with Crippen LogP contribution in [0.25, 0.3) is 0 Å². The van der Waals surface area contributed by atoms with E-state index >= 15 is 0 Å². The third-order valence-electron chi connectivity index (χ3n) is 3.25. The normalized spacial score (nSPS) is 10.9. The highest BCUT2D eigenvalue weighted by Gasteiger charge is 2.08. The third-order valence-corrected chi connectivity index (χ3v) is 3.25. The summed E-state index contributed by atoms with van der Waals surface area (Å²) in [4.78, 5) is 10.2. The van der Waals surface area contributed by atoms with E-state index in [9.17, 15) is 4.79 Å². The molecular weight excluding hydrogens is 266 g/mol. The van der Waals surface area contributed by atoms with Gasteiger partial charge < -0.3 is 15.9 Å². The molecule has 0 aromatic carbocycles. The maximum Gasteiger partial charge on any atom is 0.303 e. The van der Waals surface area contributed by atoms with Crippen LogP contribution in [0.3, 0.4) is 0 Å². The van der Waals surface area contributed by atoms with Crippen molar-refractivity contribution in [3.63, 3.8) is 0 Å². The lowest BCUT2D eigenvalue weighted by molar-refractivity contribution is -0.137. The summed E-state index contributed by atoms with van der Waals surface area (Å²) in [5.74, 6) is -0.659. The van der Waals surface area contributed by atoms with Crippen molar-refractivity contribution in [2.24, 2.45) is 5.73 Å². The van der Waals surface area contributed by atoms with Crippen LogP contribution in [0, 0.1) is 0 Å². The van der Waals surface area contributed by atoms with Crippen molar-refractivity contribution in [2.75, 3.05) is 6.54 Å². The second kappa shape index (κ2) is 15.8. The minimum atomic E-state index is -0.659. The number of hydrogen-bond donors (Lipinski definition) is 3. The van der Waals surface area contributed by atoms with Crippen molar-refractivity contribution in [1.29, 1.82) is 0 Å². The summed E-state index contributed by atoms with van der Waals surface area (Å²) in [6.45, 7) is 6.29. The minimum Gasteiger partial charge on any atom is -0.481 e. The number of hydrogen-bond acceptors (Lipinski definition) is 3. The van der Waals surface area contributed by atoms with Crippen LogP contribution in [0.2, 0.25) is 0 Å². The smallest absolute Gasteiger partial charge is 0.303 e. The number of carboxylic acids is 1. The average Bonchev–Trinajstić information content (AvgIpc) is 2.36. The Balaban J connectivity index is 0. The van der Waals surface area contributed by atoms with Gasteiger partial charge >= 0.3 is 5.97 Å². The van der Waals surface area contributed by atoms with Gasteiger partial charge in [-0.15, -0.1) is 0 Å².